The molecule has 2 N–H and O–H groups in total. The van der Waals surface area contributed by atoms with E-state index in [-0.39, 0.29) is 18.7 Å². The molecular formula is C10H16N4O3. The second kappa shape index (κ2) is 5.51. The number of rotatable bonds is 8. The number of amides is 1. The third-order valence-electron chi connectivity index (χ3n) is 2.48. The van der Waals surface area contributed by atoms with Crippen molar-refractivity contribution in [2.24, 2.45) is 15.2 Å². The van der Waals surface area contributed by atoms with Crippen LogP contribution in [0.25, 0.3) is 0 Å². The van der Waals surface area contributed by atoms with Crippen LogP contribution in [0.2, 0.25) is 0 Å². The number of hydrogen-bond acceptors (Lipinski definition) is 5. The van der Waals surface area contributed by atoms with Crippen molar-refractivity contribution in [2.45, 2.75) is 37.9 Å². The minimum absolute atomic E-state index is 0.217. The zero-order valence-corrected chi connectivity index (χ0v) is 9.72. The molecule has 1 atom stereocenters. The number of aliphatic imine (C=N–C) groups is 1. The van der Waals surface area contributed by atoms with E-state index in [1.807, 2.05) is 6.92 Å². The number of hydrogen-bond donors (Lipinski definition) is 2. The molecule has 94 valence electrons. The summed E-state index contributed by atoms with van der Waals surface area (Å²) in [5.41, 5.74) is -0.432. The largest absolute Gasteiger partial charge is 0.480 e. The molecule has 1 rings (SSSR count). The number of carboxylic acid groups (broad SMARTS) is 1. The second-order valence-electron chi connectivity index (χ2n) is 4.11. The van der Waals surface area contributed by atoms with E-state index in [0.717, 1.165) is 0 Å². The van der Waals surface area contributed by atoms with Crippen LogP contribution in [0.1, 0.15) is 26.2 Å². The first-order valence-electron chi connectivity index (χ1n) is 5.35. The fourth-order valence-corrected chi connectivity index (χ4v) is 1.28. The van der Waals surface area contributed by atoms with Gasteiger partial charge < -0.3 is 15.4 Å². The van der Waals surface area contributed by atoms with Gasteiger partial charge >= 0.3 is 5.97 Å². The van der Waals surface area contributed by atoms with Gasteiger partial charge in [-0.05, 0) is 20.1 Å². The van der Waals surface area contributed by atoms with Crippen molar-refractivity contribution in [1.82, 2.24) is 5.32 Å². The maximum absolute atomic E-state index is 11.5. The smallest absolute Gasteiger partial charge is 0.326 e. The molecule has 0 saturated carbocycles. The molecule has 0 radical (unpaired) electrons. The molecule has 7 nitrogen and oxygen atoms in total. The van der Waals surface area contributed by atoms with Crippen molar-refractivity contribution in [3.63, 3.8) is 0 Å². The van der Waals surface area contributed by atoms with E-state index in [0.29, 0.717) is 13.0 Å². The number of nitrogens with one attached hydrogen (secondary N) is 1. The molecule has 0 aromatic heterocycles. The third-order valence-corrected chi connectivity index (χ3v) is 2.48. The molecule has 7 heteroatoms. The van der Waals surface area contributed by atoms with Gasteiger partial charge in [-0.2, -0.15) is 10.2 Å². The Morgan fingerprint density at radius 3 is 2.65 bits per heavy atom. The Morgan fingerprint density at radius 2 is 2.18 bits per heavy atom. The van der Waals surface area contributed by atoms with E-state index >= 15 is 0 Å². The van der Waals surface area contributed by atoms with Gasteiger partial charge in [0, 0.05) is 19.4 Å². The Labute approximate surface area is 99.0 Å². The summed E-state index contributed by atoms with van der Waals surface area (Å²) in [6, 6.07) is -0.908. The van der Waals surface area contributed by atoms with Crippen molar-refractivity contribution in [3.8, 4) is 0 Å². The number of carboxylic acids is 1. The molecule has 17 heavy (non-hydrogen) atoms. The zero-order chi connectivity index (χ0) is 12.9. The van der Waals surface area contributed by atoms with Gasteiger partial charge in [0.25, 0.3) is 0 Å². The summed E-state index contributed by atoms with van der Waals surface area (Å²) in [4.78, 5) is 25.9. The van der Waals surface area contributed by atoms with E-state index in [2.05, 4.69) is 27.3 Å². The molecule has 1 aliphatic rings. The topological polar surface area (TPSA) is 103 Å². The number of carbonyl (C=O) groups excluding carboxylic acids is 1. The lowest BCUT2D eigenvalue weighted by Gasteiger charge is -2.13. The average molecular weight is 240 g/mol. The first-order chi connectivity index (χ1) is 7.97. The SMILES string of the molecule is C=NCCC(NC(=O)CCC1(C)N=N1)C(=O)O. The summed E-state index contributed by atoms with van der Waals surface area (Å²) in [5, 5.41) is 18.9. The second-order valence-corrected chi connectivity index (χ2v) is 4.11. The molecular weight excluding hydrogens is 224 g/mol. The van der Waals surface area contributed by atoms with Crippen molar-refractivity contribution in [2.75, 3.05) is 6.54 Å². The fraction of sp³-hybridized carbons (Fsp3) is 0.700. The van der Waals surface area contributed by atoms with Gasteiger partial charge in [-0.15, -0.1) is 0 Å². The third kappa shape index (κ3) is 4.71. The predicted octanol–water partition coefficient (Wildman–Crippen LogP) is 0.609. The van der Waals surface area contributed by atoms with Crippen molar-refractivity contribution < 1.29 is 14.7 Å². The highest BCUT2D eigenvalue weighted by Gasteiger charge is 2.34. The van der Waals surface area contributed by atoms with Crippen LogP contribution in [0.15, 0.2) is 15.2 Å². The summed E-state index contributed by atoms with van der Waals surface area (Å²) in [7, 11) is 0. The highest BCUT2D eigenvalue weighted by molar-refractivity contribution is 5.83. The molecule has 1 aliphatic heterocycles. The van der Waals surface area contributed by atoms with Crippen LogP contribution < -0.4 is 5.32 Å². The van der Waals surface area contributed by atoms with Crippen molar-refractivity contribution in [1.29, 1.82) is 0 Å². The fourth-order valence-electron chi connectivity index (χ4n) is 1.28. The van der Waals surface area contributed by atoms with Crippen LogP contribution in [0.3, 0.4) is 0 Å². The summed E-state index contributed by atoms with van der Waals surface area (Å²) in [5.74, 6) is -1.37. The summed E-state index contributed by atoms with van der Waals surface area (Å²) >= 11 is 0. The van der Waals surface area contributed by atoms with Crippen LogP contribution in [-0.4, -0.2) is 41.9 Å². The molecule has 0 bridgehead atoms. The Balaban J connectivity index is 2.29. The number of aliphatic carboxylic acids is 1. The molecule has 1 heterocycles. The number of carbonyl (C=O) groups is 2. The standard InChI is InChI=1S/C10H16N4O3/c1-10(13-14-10)5-3-8(15)12-7(9(16)17)4-6-11-2/h7H,2-6H2,1H3,(H,12,15)(H,16,17). The Bertz CT molecular complexity index is 347. The maximum Gasteiger partial charge on any atom is 0.326 e. The van der Waals surface area contributed by atoms with E-state index < -0.39 is 17.7 Å². The Morgan fingerprint density at radius 1 is 1.53 bits per heavy atom. The average Bonchev–Trinajstić information content (AvgIpc) is 3.00. The molecule has 0 spiro atoms. The summed E-state index contributed by atoms with van der Waals surface area (Å²) in [6.45, 7) is 5.39. The minimum Gasteiger partial charge on any atom is -0.480 e. The van der Waals surface area contributed by atoms with Crippen molar-refractivity contribution in [3.05, 3.63) is 0 Å². The quantitative estimate of drug-likeness (QED) is 0.607. The lowest BCUT2D eigenvalue weighted by Crippen LogP contribution is -2.41. The van der Waals surface area contributed by atoms with E-state index in [1.54, 1.807) is 0 Å². The lowest BCUT2D eigenvalue weighted by molar-refractivity contribution is -0.142. The van der Waals surface area contributed by atoms with E-state index in [9.17, 15) is 9.59 Å². The summed E-state index contributed by atoms with van der Waals surface area (Å²) < 4.78 is 0. The minimum atomic E-state index is -1.06. The van der Waals surface area contributed by atoms with Crippen LogP contribution in [-0.2, 0) is 9.59 Å². The zero-order valence-electron chi connectivity index (χ0n) is 9.72. The molecule has 0 fully saturated rings. The van der Waals surface area contributed by atoms with Crippen LogP contribution in [0.4, 0.5) is 0 Å². The Kier molecular flexibility index (Phi) is 4.30. The highest BCUT2D eigenvalue weighted by atomic mass is 16.4. The first-order valence-corrected chi connectivity index (χ1v) is 5.35. The van der Waals surface area contributed by atoms with E-state index in [4.69, 9.17) is 5.11 Å². The van der Waals surface area contributed by atoms with Crippen molar-refractivity contribution >= 4 is 18.6 Å². The maximum atomic E-state index is 11.5. The Hall–Kier alpha value is -1.79. The monoisotopic (exact) mass is 240 g/mol. The first kappa shape index (κ1) is 13.3. The predicted molar refractivity (Wildman–Crippen MR) is 61.1 cm³/mol. The summed E-state index contributed by atoms with van der Waals surface area (Å²) in [6.07, 6.45) is 0.969. The van der Waals surface area contributed by atoms with Gasteiger partial charge in [0.1, 0.15) is 6.04 Å². The number of nitrogens with zero attached hydrogens (tertiary/aromatic N) is 3. The van der Waals surface area contributed by atoms with Gasteiger partial charge in [-0.25, -0.2) is 4.79 Å². The van der Waals surface area contributed by atoms with Gasteiger partial charge in [-0.3, -0.25) is 4.79 Å². The molecule has 1 unspecified atom stereocenters. The highest BCUT2D eigenvalue weighted by Crippen LogP contribution is 2.31. The normalized spacial score (nSPS) is 17.2. The van der Waals surface area contributed by atoms with Gasteiger partial charge in [-0.1, -0.05) is 0 Å². The van der Waals surface area contributed by atoms with E-state index in [1.165, 1.54) is 0 Å². The van der Waals surface area contributed by atoms with Gasteiger partial charge in [0.2, 0.25) is 5.91 Å². The van der Waals surface area contributed by atoms with Crippen LogP contribution in [0.5, 0.6) is 0 Å². The van der Waals surface area contributed by atoms with Crippen LogP contribution >= 0.6 is 0 Å². The van der Waals surface area contributed by atoms with Gasteiger partial charge in [0.05, 0.1) is 0 Å². The molecule has 0 aromatic carbocycles. The lowest BCUT2D eigenvalue weighted by atomic mass is 10.1. The molecule has 0 aliphatic carbocycles. The molecule has 1 amide bonds. The molecule has 0 saturated heterocycles. The molecule has 0 aromatic rings. The van der Waals surface area contributed by atoms with Crippen LogP contribution in [0, 0.1) is 0 Å². The van der Waals surface area contributed by atoms with Gasteiger partial charge in [0.15, 0.2) is 5.66 Å².